The number of aromatic nitrogens is 10. The van der Waals surface area contributed by atoms with E-state index in [4.69, 9.17) is 8.94 Å². The molecular weight excluding hydrogens is 869 g/mol. The smallest absolute Gasteiger partial charge is 0.357 e. The second-order valence-electron chi connectivity index (χ2n) is 17.4. The van der Waals surface area contributed by atoms with E-state index in [0.717, 1.165) is 53.5 Å². The third kappa shape index (κ3) is 13.3. The Kier molecular flexibility index (Phi) is 15.3. The zero-order chi connectivity index (χ0) is 44.6. The maximum absolute atomic E-state index is 11.3. The Morgan fingerprint density at radius 3 is 1.49 bits per heavy atom. The van der Waals surface area contributed by atoms with Crippen LogP contribution in [0.15, 0.2) is 73.0 Å². The van der Waals surface area contributed by atoms with Crippen LogP contribution in [0.5, 0.6) is 0 Å². The first kappa shape index (κ1) is 47.1. The molecule has 0 saturated carbocycles. The van der Waals surface area contributed by atoms with Crippen LogP contribution < -0.4 is 0 Å². The van der Waals surface area contributed by atoms with Crippen molar-refractivity contribution in [3.05, 3.63) is 92.5 Å². The normalized spacial score (nSPS) is 11.8. The van der Waals surface area contributed by atoms with Gasteiger partial charge in [0, 0.05) is 54.8 Å². The lowest BCUT2D eigenvalue weighted by Crippen LogP contribution is -2.11. The second kappa shape index (κ2) is 19.8. The summed E-state index contributed by atoms with van der Waals surface area (Å²) in [5, 5.41) is 25.1. The summed E-state index contributed by atoms with van der Waals surface area (Å²) in [6.45, 7) is 25.6. The summed E-state index contributed by atoms with van der Waals surface area (Å²) in [5.74, 6) is 0.570. The Morgan fingerprint density at radius 1 is 0.574 bits per heavy atom. The average molecular weight is 919 g/mol. The van der Waals surface area contributed by atoms with E-state index >= 15 is 0 Å². The number of hydrogen-bond donors (Lipinski definition) is 0. The van der Waals surface area contributed by atoms with Gasteiger partial charge in [-0.15, -0.1) is 66.9 Å². The van der Waals surface area contributed by atoms with Crippen LogP contribution in [-0.2, 0) is 26.4 Å². The molecule has 0 aliphatic carbocycles. The minimum absolute atomic E-state index is 0.0250. The van der Waals surface area contributed by atoms with Gasteiger partial charge in [0.2, 0.25) is 6.39 Å². The number of carbonyl (C=O) groups is 1. The van der Waals surface area contributed by atoms with Crippen molar-refractivity contribution in [1.29, 1.82) is 0 Å². The summed E-state index contributed by atoms with van der Waals surface area (Å²) < 4.78 is 14.6. The average Bonchev–Trinajstić information content (AvgIpc) is 4.06. The molecule has 61 heavy (non-hydrogen) atoms. The molecule has 8 aromatic heterocycles. The summed E-state index contributed by atoms with van der Waals surface area (Å²) in [6, 6.07) is 5.90. The monoisotopic (exact) mass is 918 g/mol. The van der Waals surface area contributed by atoms with Crippen molar-refractivity contribution in [2.75, 3.05) is 7.11 Å². The highest BCUT2D eigenvalue weighted by Crippen LogP contribution is 2.33. The van der Waals surface area contributed by atoms with Gasteiger partial charge < -0.3 is 13.7 Å². The largest absolute Gasteiger partial charge is 0.464 e. The fourth-order valence-corrected chi connectivity index (χ4v) is 9.33. The highest BCUT2D eigenvalue weighted by Gasteiger charge is 2.22. The number of methoxy groups -OCH3 is 1. The molecule has 8 aromatic rings. The van der Waals surface area contributed by atoms with Crippen LogP contribution in [-0.4, -0.2) is 63.3 Å². The summed E-state index contributed by atoms with van der Waals surface area (Å²) in [7, 11) is 1.35. The van der Waals surface area contributed by atoms with Gasteiger partial charge in [-0.2, -0.15) is 4.98 Å². The van der Waals surface area contributed by atoms with Gasteiger partial charge in [0.15, 0.2) is 32.1 Å². The molecule has 0 spiro atoms. The topological polar surface area (TPSA) is 181 Å². The van der Waals surface area contributed by atoms with Crippen LogP contribution in [0.25, 0.3) is 42.5 Å². The van der Waals surface area contributed by atoms with Crippen LogP contribution >= 0.6 is 56.7 Å². The maximum Gasteiger partial charge on any atom is 0.357 e. The van der Waals surface area contributed by atoms with Crippen molar-refractivity contribution in [2.45, 2.75) is 105 Å². The maximum atomic E-state index is 11.3. The van der Waals surface area contributed by atoms with Crippen LogP contribution in [0, 0.1) is 0 Å². The highest BCUT2D eigenvalue weighted by atomic mass is 32.1. The Morgan fingerprint density at radius 2 is 1.05 bits per heavy atom. The Bertz CT molecular complexity index is 2460. The predicted octanol–water partition coefficient (Wildman–Crippen LogP) is 11.8. The minimum atomic E-state index is -0.412. The van der Waals surface area contributed by atoms with E-state index in [1.54, 1.807) is 34.3 Å². The molecular formula is C42H50N10O4S5. The molecule has 0 saturated heterocycles. The third-order valence-electron chi connectivity index (χ3n) is 8.14. The Hall–Kier alpha value is -4.95. The first-order valence-electron chi connectivity index (χ1n) is 19.0. The van der Waals surface area contributed by atoms with Crippen LogP contribution in [0.1, 0.15) is 116 Å². The van der Waals surface area contributed by atoms with Crippen molar-refractivity contribution in [3.63, 3.8) is 0 Å². The standard InChI is InChI=1S/C12H14N2O2S2.C12H14N2S.2C9H11N3OS/c1-12(2,3)8-6-18-10(14-8)9-13-7(5-17-9)11(15)16-4;1-12(2,3)10-8-15-11(14-10)9-6-4-5-7-13-9;1-9(2,3)6-4-14-8(11-6)7-12-10-5-13-7;1-9(2,3)6-4-14-8(12-6)7-10-5-11-13-7/h5-6H,1-4H3;4-8H,1-3H3;2*4-5H,1-3H3. The number of carbonyl (C=O) groups excluding carboxylic acids is 1. The zero-order valence-electron chi connectivity index (χ0n) is 36.5. The molecule has 0 N–H and O–H groups in total. The van der Waals surface area contributed by atoms with Gasteiger partial charge in [0.25, 0.3) is 11.8 Å². The SMILES string of the molecule is CC(C)(C)c1csc(-c2ccccn2)n1.CC(C)(C)c1csc(-c2ncno2)n1.CC(C)(C)c1csc(-c2nnco2)n1.COC(=O)c1csc(-c2nc(C(C)(C)C)cs2)n1. The number of pyridine rings is 1. The van der Waals surface area contributed by atoms with Gasteiger partial charge in [-0.3, -0.25) is 4.98 Å². The summed E-state index contributed by atoms with van der Waals surface area (Å²) >= 11 is 7.66. The molecule has 8 heterocycles. The molecule has 14 nitrogen and oxygen atoms in total. The van der Waals surface area contributed by atoms with E-state index in [1.807, 2.05) is 34.3 Å². The molecule has 0 amide bonds. The molecule has 0 atom stereocenters. The van der Waals surface area contributed by atoms with E-state index in [2.05, 4.69) is 143 Å². The Labute approximate surface area is 376 Å². The number of thiazole rings is 5. The molecule has 0 radical (unpaired) electrons. The van der Waals surface area contributed by atoms with Crippen molar-refractivity contribution in [2.24, 2.45) is 0 Å². The third-order valence-corrected chi connectivity index (χ3v) is 12.5. The van der Waals surface area contributed by atoms with E-state index in [0.29, 0.717) is 17.5 Å². The number of hydrogen-bond acceptors (Lipinski definition) is 19. The van der Waals surface area contributed by atoms with E-state index in [9.17, 15) is 4.79 Å². The predicted molar refractivity (Wildman–Crippen MR) is 246 cm³/mol. The molecule has 0 aliphatic heterocycles. The zero-order valence-corrected chi connectivity index (χ0v) is 40.6. The first-order chi connectivity index (χ1) is 28.6. The molecule has 0 unspecified atom stereocenters. The summed E-state index contributed by atoms with van der Waals surface area (Å²) in [5.41, 5.74) is 5.84. The lowest BCUT2D eigenvalue weighted by atomic mass is 9.93. The molecule has 322 valence electrons. The van der Waals surface area contributed by atoms with Gasteiger partial charge in [-0.1, -0.05) is 94.3 Å². The van der Waals surface area contributed by atoms with Gasteiger partial charge in [0.1, 0.15) is 5.01 Å². The van der Waals surface area contributed by atoms with Gasteiger partial charge in [0.05, 0.1) is 35.6 Å². The summed E-state index contributed by atoms with van der Waals surface area (Å²) in [4.78, 5) is 41.9. The van der Waals surface area contributed by atoms with Crippen LogP contribution in [0.4, 0.5) is 0 Å². The Balaban J connectivity index is 0.000000155. The lowest BCUT2D eigenvalue weighted by Gasteiger charge is -2.14. The molecule has 8 rings (SSSR count). The molecule has 0 aromatic carbocycles. The van der Waals surface area contributed by atoms with Crippen molar-refractivity contribution >= 4 is 62.7 Å². The molecule has 19 heteroatoms. The van der Waals surface area contributed by atoms with E-state index < -0.39 is 5.97 Å². The minimum Gasteiger partial charge on any atom is -0.464 e. The van der Waals surface area contributed by atoms with Crippen LogP contribution in [0.2, 0.25) is 0 Å². The molecule has 0 fully saturated rings. The van der Waals surface area contributed by atoms with Gasteiger partial charge >= 0.3 is 5.97 Å². The second-order valence-corrected chi connectivity index (χ2v) is 21.7. The fraction of sp³-hybridized carbons (Fsp3) is 0.405. The van der Waals surface area contributed by atoms with Gasteiger partial charge in [-0.05, 0) is 12.1 Å². The van der Waals surface area contributed by atoms with Crippen molar-refractivity contribution in [1.82, 2.24) is 50.2 Å². The number of esters is 1. The lowest BCUT2D eigenvalue weighted by molar-refractivity contribution is 0.0595. The van der Waals surface area contributed by atoms with E-state index in [1.165, 1.54) is 53.8 Å². The fourth-order valence-electron chi connectivity index (χ4n) is 4.48. The number of ether oxygens (including phenoxy) is 1. The highest BCUT2D eigenvalue weighted by molar-refractivity contribution is 7.20. The molecule has 0 bridgehead atoms. The number of nitrogens with zero attached hydrogens (tertiary/aromatic N) is 10. The van der Waals surface area contributed by atoms with Crippen molar-refractivity contribution < 1.29 is 18.5 Å². The number of rotatable bonds is 5. The molecule has 0 aliphatic rings. The van der Waals surface area contributed by atoms with Crippen molar-refractivity contribution in [3.8, 4) is 42.5 Å². The van der Waals surface area contributed by atoms with E-state index in [-0.39, 0.29) is 21.7 Å². The quantitative estimate of drug-likeness (QED) is 0.149. The van der Waals surface area contributed by atoms with Gasteiger partial charge in [-0.25, -0.2) is 29.7 Å². The first-order valence-corrected chi connectivity index (χ1v) is 23.4. The van der Waals surface area contributed by atoms with Crippen LogP contribution in [0.3, 0.4) is 0 Å². The summed E-state index contributed by atoms with van der Waals surface area (Å²) in [6.07, 6.45) is 4.49.